The van der Waals surface area contributed by atoms with Crippen molar-refractivity contribution in [3.05, 3.63) is 29.8 Å². The van der Waals surface area contributed by atoms with Gasteiger partial charge in [-0.3, -0.25) is 0 Å². The van der Waals surface area contributed by atoms with Crippen LogP contribution in [0.25, 0.3) is 0 Å². The van der Waals surface area contributed by atoms with Crippen LogP contribution in [0.1, 0.15) is 5.56 Å². The molecule has 83 valence electrons. The first-order valence-electron chi connectivity index (χ1n) is 4.56. The molecule has 0 N–H and O–H groups in total. The number of hydrogen-bond donors (Lipinski definition) is 0. The van der Waals surface area contributed by atoms with Crippen molar-refractivity contribution in [3.63, 3.8) is 0 Å². The third kappa shape index (κ3) is 2.27. The Morgan fingerprint density at radius 2 is 1.60 bits per heavy atom. The predicted molar refractivity (Wildman–Crippen MR) is 57.2 cm³/mol. The highest BCUT2D eigenvalue weighted by atomic mass is 28.4. The fourth-order valence-electron chi connectivity index (χ4n) is 1.52. The van der Waals surface area contributed by atoms with Crippen molar-refractivity contribution in [3.8, 4) is 0 Å². The van der Waals surface area contributed by atoms with Gasteiger partial charge in [-0.25, -0.2) is 5.11 Å². The smallest absolute Gasteiger partial charge is 0.373 e. The Morgan fingerprint density at radius 3 is 2.07 bits per heavy atom. The lowest BCUT2D eigenvalue weighted by Crippen LogP contribution is -2.55. The first kappa shape index (κ1) is 12.3. The summed E-state index contributed by atoms with van der Waals surface area (Å²) in [6.45, 7) is -0.305. The van der Waals surface area contributed by atoms with Crippen LogP contribution in [-0.4, -0.2) is 30.1 Å². The molecule has 1 aromatic carbocycles. The zero-order chi connectivity index (χ0) is 11.3. The Morgan fingerprint density at radius 1 is 1.07 bits per heavy atom. The summed E-state index contributed by atoms with van der Waals surface area (Å²) in [4.78, 5) is 0. The van der Waals surface area contributed by atoms with Gasteiger partial charge in [0.2, 0.25) is 0 Å². The van der Waals surface area contributed by atoms with Crippen LogP contribution in [0.2, 0.25) is 0 Å². The Labute approximate surface area is 90.8 Å². The summed E-state index contributed by atoms with van der Waals surface area (Å²) < 4.78 is 16.0. The van der Waals surface area contributed by atoms with E-state index in [1.54, 1.807) is 6.07 Å². The fourth-order valence-corrected chi connectivity index (χ4v) is 3.53. The molecule has 1 rings (SSSR count). The highest BCUT2D eigenvalue weighted by Gasteiger charge is 2.42. The van der Waals surface area contributed by atoms with Crippen LogP contribution in [0.4, 0.5) is 0 Å². The number of rotatable bonds is 5. The molecule has 0 aliphatic rings. The molecule has 1 radical (unpaired) electrons. The zero-order valence-corrected chi connectivity index (χ0v) is 10.1. The first-order valence-corrected chi connectivity index (χ1v) is 6.28. The lowest BCUT2D eigenvalue weighted by Gasteiger charge is -2.26. The van der Waals surface area contributed by atoms with E-state index in [4.69, 9.17) is 13.3 Å². The van der Waals surface area contributed by atoms with Crippen LogP contribution in [0.3, 0.4) is 0 Å². The van der Waals surface area contributed by atoms with Crippen molar-refractivity contribution in [2.24, 2.45) is 0 Å². The van der Waals surface area contributed by atoms with Crippen molar-refractivity contribution >= 4 is 14.0 Å². The van der Waals surface area contributed by atoms with Gasteiger partial charge >= 0.3 is 8.80 Å². The van der Waals surface area contributed by atoms with Crippen LogP contribution in [-0.2, 0) is 25.0 Å². The van der Waals surface area contributed by atoms with Crippen molar-refractivity contribution in [1.29, 1.82) is 0 Å². The molecule has 5 heteroatoms. The maximum Gasteiger partial charge on any atom is 0.536 e. The Kier molecular flexibility index (Phi) is 4.43. The molecular weight excluding hydrogens is 212 g/mol. The zero-order valence-electron chi connectivity index (χ0n) is 9.15. The summed E-state index contributed by atoms with van der Waals surface area (Å²) in [7, 11) is 1.73. The molecule has 15 heavy (non-hydrogen) atoms. The second-order valence-corrected chi connectivity index (χ2v) is 5.85. The summed E-state index contributed by atoms with van der Waals surface area (Å²) in [5.41, 5.74) is 0.662. The van der Waals surface area contributed by atoms with Gasteiger partial charge in [0.1, 0.15) is 6.61 Å². The molecule has 0 bridgehead atoms. The van der Waals surface area contributed by atoms with Gasteiger partial charge in [0.15, 0.2) is 0 Å². The molecule has 0 saturated carbocycles. The largest absolute Gasteiger partial charge is 0.536 e. The van der Waals surface area contributed by atoms with E-state index in [2.05, 4.69) is 0 Å². The molecule has 0 aromatic heterocycles. The lowest BCUT2D eigenvalue weighted by molar-refractivity contribution is 0.138. The molecule has 0 spiro atoms. The molecule has 0 atom stereocenters. The van der Waals surface area contributed by atoms with E-state index < -0.39 is 8.80 Å². The SMILES string of the molecule is CO[Si](OC)(OC)c1ccccc1C[O]. The second-order valence-electron chi connectivity index (χ2n) is 2.97. The van der Waals surface area contributed by atoms with Gasteiger partial charge in [-0.1, -0.05) is 24.3 Å². The van der Waals surface area contributed by atoms with Crippen LogP contribution < -0.4 is 5.19 Å². The lowest BCUT2D eigenvalue weighted by atomic mass is 10.2. The maximum atomic E-state index is 11.0. The van der Waals surface area contributed by atoms with E-state index in [0.717, 1.165) is 5.19 Å². The van der Waals surface area contributed by atoms with Gasteiger partial charge in [-0.15, -0.1) is 0 Å². The summed E-state index contributed by atoms with van der Waals surface area (Å²) in [5, 5.41) is 11.7. The van der Waals surface area contributed by atoms with Crippen LogP contribution in [0.5, 0.6) is 0 Å². The summed E-state index contributed by atoms with van der Waals surface area (Å²) in [6, 6.07) is 7.24. The summed E-state index contributed by atoms with van der Waals surface area (Å²) in [5.74, 6) is 0. The maximum absolute atomic E-state index is 11.0. The van der Waals surface area contributed by atoms with E-state index >= 15 is 0 Å². The molecule has 0 amide bonds. The van der Waals surface area contributed by atoms with Crippen molar-refractivity contribution in [2.45, 2.75) is 6.61 Å². The molecule has 0 saturated heterocycles. The van der Waals surface area contributed by atoms with Crippen LogP contribution >= 0.6 is 0 Å². The standard InChI is InChI=1S/C10H15O4Si/c1-12-15(13-2,14-3)10-7-5-4-6-9(10)8-11/h4-7H,8H2,1-3H3. The molecule has 0 unspecified atom stereocenters. The number of benzene rings is 1. The fraction of sp³-hybridized carbons (Fsp3) is 0.400. The monoisotopic (exact) mass is 227 g/mol. The minimum atomic E-state index is -2.86. The van der Waals surface area contributed by atoms with Gasteiger partial charge in [0.05, 0.1) is 0 Å². The van der Waals surface area contributed by atoms with Gasteiger partial charge in [-0.05, 0) is 5.56 Å². The minimum absolute atomic E-state index is 0.305. The highest BCUT2D eigenvalue weighted by molar-refractivity contribution is 6.75. The van der Waals surface area contributed by atoms with Crippen LogP contribution in [0, 0.1) is 0 Å². The van der Waals surface area contributed by atoms with E-state index in [9.17, 15) is 5.11 Å². The average molecular weight is 227 g/mol. The molecule has 0 aliphatic carbocycles. The number of hydrogen-bond acceptors (Lipinski definition) is 3. The van der Waals surface area contributed by atoms with Gasteiger partial charge in [0.25, 0.3) is 0 Å². The van der Waals surface area contributed by atoms with Crippen molar-refractivity contribution < 1.29 is 18.4 Å². The first-order chi connectivity index (χ1) is 7.24. The third-order valence-electron chi connectivity index (χ3n) is 2.31. The van der Waals surface area contributed by atoms with E-state index in [-0.39, 0.29) is 6.61 Å². The van der Waals surface area contributed by atoms with E-state index in [0.29, 0.717) is 5.56 Å². The molecule has 0 heterocycles. The van der Waals surface area contributed by atoms with Crippen molar-refractivity contribution in [2.75, 3.05) is 21.3 Å². The summed E-state index contributed by atoms with van der Waals surface area (Å²) >= 11 is 0. The Hall–Kier alpha value is -0.723. The minimum Gasteiger partial charge on any atom is -0.373 e. The topological polar surface area (TPSA) is 47.6 Å². The normalized spacial score (nSPS) is 11.7. The summed E-state index contributed by atoms with van der Waals surface area (Å²) in [6.07, 6.45) is 0. The predicted octanol–water partition coefficient (Wildman–Crippen LogP) is 0.702. The van der Waals surface area contributed by atoms with Gasteiger partial charge in [0, 0.05) is 26.5 Å². The quantitative estimate of drug-likeness (QED) is 0.696. The van der Waals surface area contributed by atoms with Gasteiger partial charge in [-0.2, -0.15) is 0 Å². The van der Waals surface area contributed by atoms with E-state index in [1.807, 2.05) is 18.2 Å². The van der Waals surface area contributed by atoms with E-state index in [1.165, 1.54) is 21.3 Å². The molecule has 0 aliphatic heterocycles. The Bertz CT molecular complexity index is 304. The molecule has 0 fully saturated rings. The average Bonchev–Trinajstić information content (AvgIpc) is 2.33. The molecule has 1 aromatic rings. The Balaban J connectivity index is 3.21. The molecular formula is C10H15O4Si. The molecule has 4 nitrogen and oxygen atoms in total. The second kappa shape index (κ2) is 5.39. The highest BCUT2D eigenvalue weighted by Crippen LogP contribution is 2.10. The van der Waals surface area contributed by atoms with Crippen molar-refractivity contribution in [1.82, 2.24) is 0 Å². The van der Waals surface area contributed by atoms with Crippen LogP contribution in [0.15, 0.2) is 24.3 Å². The third-order valence-corrected chi connectivity index (χ3v) is 5.07. The van der Waals surface area contributed by atoms with Gasteiger partial charge < -0.3 is 13.3 Å².